The number of nitrogens with zero attached hydrogens (tertiary/aromatic N) is 4. The predicted octanol–water partition coefficient (Wildman–Crippen LogP) is 2.68. The lowest BCUT2D eigenvalue weighted by atomic mass is 10.2. The molecule has 1 amide bonds. The number of nitrogens with one attached hydrogen (secondary N) is 1. The summed E-state index contributed by atoms with van der Waals surface area (Å²) in [5.41, 5.74) is 2.04. The van der Waals surface area contributed by atoms with E-state index in [0.29, 0.717) is 11.6 Å². The Morgan fingerprint density at radius 1 is 1.15 bits per heavy atom. The molecule has 134 valence electrons. The topological polar surface area (TPSA) is 81.9 Å². The summed E-state index contributed by atoms with van der Waals surface area (Å²) in [5, 5.41) is 14.4. The Balaban J connectivity index is 1.53. The largest absolute Gasteiger partial charge is 0.484 e. The zero-order chi connectivity index (χ0) is 18.4. The molecule has 0 atom stereocenters. The molecule has 3 rings (SSSR count). The van der Waals surface area contributed by atoms with E-state index in [1.807, 2.05) is 48.5 Å². The third-order valence-corrected chi connectivity index (χ3v) is 4.28. The zero-order valence-electron chi connectivity index (χ0n) is 14.2. The number of hydrogen-bond acceptors (Lipinski definition) is 5. The van der Waals surface area contributed by atoms with Crippen LogP contribution >= 0.6 is 15.9 Å². The van der Waals surface area contributed by atoms with E-state index in [2.05, 4.69) is 43.7 Å². The van der Waals surface area contributed by atoms with E-state index in [1.165, 1.54) is 5.56 Å². The van der Waals surface area contributed by atoms with Gasteiger partial charge in [0.15, 0.2) is 12.4 Å². The maximum atomic E-state index is 12.0. The number of tetrazole rings is 1. The fourth-order valence-corrected chi connectivity index (χ4v) is 2.56. The van der Waals surface area contributed by atoms with Crippen LogP contribution in [0.2, 0.25) is 0 Å². The summed E-state index contributed by atoms with van der Waals surface area (Å²) in [4.78, 5) is 12.0. The van der Waals surface area contributed by atoms with E-state index in [0.717, 1.165) is 16.6 Å². The van der Waals surface area contributed by atoms with Gasteiger partial charge in [0, 0.05) is 4.47 Å². The number of carbonyl (C=O) groups excluding carboxylic acids is 1. The van der Waals surface area contributed by atoms with Gasteiger partial charge >= 0.3 is 0 Å². The third kappa shape index (κ3) is 4.66. The van der Waals surface area contributed by atoms with Crippen molar-refractivity contribution in [2.75, 3.05) is 6.61 Å². The molecule has 1 heterocycles. The summed E-state index contributed by atoms with van der Waals surface area (Å²) in [6.07, 6.45) is 0.966. The minimum Gasteiger partial charge on any atom is -0.484 e. The molecule has 0 aliphatic heterocycles. The Kier molecular flexibility index (Phi) is 5.96. The molecule has 0 unspecified atom stereocenters. The number of benzene rings is 2. The molecule has 1 aromatic heterocycles. The molecule has 0 saturated carbocycles. The second-order valence-electron chi connectivity index (χ2n) is 5.55. The van der Waals surface area contributed by atoms with Gasteiger partial charge < -0.3 is 10.1 Å². The fourth-order valence-electron chi connectivity index (χ4n) is 2.30. The van der Waals surface area contributed by atoms with Crippen LogP contribution in [0.4, 0.5) is 0 Å². The summed E-state index contributed by atoms with van der Waals surface area (Å²) in [7, 11) is 0. The molecule has 26 heavy (non-hydrogen) atoms. The molecule has 0 radical (unpaired) electrons. The minimum absolute atomic E-state index is 0.0642. The SMILES string of the molecule is CCc1ccc(OCC(=O)NCc2nnnn2-c2ccc(Br)cc2)cc1. The molecular formula is C18H18BrN5O2. The normalized spacial score (nSPS) is 10.5. The quantitative estimate of drug-likeness (QED) is 0.641. The van der Waals surface area contributed by atoms with Crippen molar-refractivity contribution in [2.45, 2.75) is 19.9 Å². The van der Waals surface area contributed by atoms with Crippen molar-refractivity contribution in [3.63, 3.8) is 0 Å². The number of aryl methyl sites for hydroxylation is 1. The van der Waals surface area contributed by atoms with Gasteiger partial charge in [0.05, 0.1) is 12.2 Å². The second-order valence-corrected chi connectivity index (χ2v) is 6.46. The number of halogens is 1. The lowest BCUT2D eigenvalue weighted by molar-refractivity contribution is -0.123. The van der Waals surface area contributed by atoms with Gasteiger partial charge in [-0.3, -0.25) is 4.79 Å². The maximum Gasteiger partial charge on any atom is 0.258 e. The zero-order valence-corrected chi connectivity index (χ0v) is 15.8. The van der Waals surface area contributed by atoms with Crippen LogP contribution in [0.3, 0.4) is 0 Å². The van der Waals surface area contributed by atoms with Gasteiger partial charge in [-0.05, 0) is 58.8 Å². The van der Waals surface area contributed by atoms with E-state index < -0.39 is 0 Å². The van der Waals surface area contributed by atoms with Crippen molar-refractivity contribution in [1.29, 1.82) is 0 Å². The van der Waals surface area contributed by atoms with E-state index in [-0.39, 0.29) is 19.1 Å². The van der Waals surface area contributed by atoms with E-state index in [4.69, 9.17) is 4.74 Å². The van der Waals surface area contributed by atoms with E-state index in [1.54, 1.807) is 4.68 Å². The van der Waals surface area contributed by atoms with Crippen LogP contribution in [-0.4, -0.2) is 32.7 Å². The molecule has 1 N–H and O–H groups in total. The molecule has 3 aromatic rings. The maximum absolute atomic E-state index is 12.0. The van der Waals surface area contributed by atoms with Crippen molar-refractivity contribution < 1.29 is 9.53 Å². The lowest BCUT2D eigenvalue weighted by Gasteiger charge is -2.08. The van der Waals surface area contributed by atoms with Crippen molar-refractivity contribution in [1.82, 2.24) is 25.5 Å². The number of aromatic nitrogens is 4. The average molecular weight is 416 g/mol. The number of ether oxygens (including phenoxy) is 1. The Bertz CT molecular complexity index is 862. The minimum atomic E-state index is -0.241. The Labute approximate surface area is 159 Å². The van der Waals surface area contributed by atoms with Crippen LogP contribution in [-0.2, 0) is 17.8 Å². The first-order chi connectivity index (χ1) is 12.7. The molecule has 0 aliphatic rings. The Hall–Kier alpha value is -2.74. The third-order valence-electron chi connectivity index (χ3n) is 3.75. The number of hydrogen-bond donors (Lipinski definition) is 1. The molecule has 0 bridgehead atoms. The summed E-state index contributed by atoms with van der Waals surface area (Å²) in [6.45, 7) is 2.23. The van der Waals surface area contributed by atoms with Gasteiger partial charge in [-0.2, -0.15) is 4.68 Å². The van der Waals surface area contributed by atoms with Crippen molar-refractivity contribution in [3.8, 4) is 11.4 Å². The first-order valence-corrected chi connectivity index (χ1v) is 8.96. The Morgan fingerprint density at radius 2 is 1.88 bits per heavy atom. The summed E-state index contributed by atoms with van der Waals surface area (Å²) in [5.74, 6) is 0.958. The fraction of sp³-hybridized carbons (Fsp3) is 0.222. The summed E-state index contributed by atoms with van der Waals surface area (Å²) < 4.78 is 8.04. The molecule has 7 nitrogen and oxygen atoms in total. The van der Waals surface area contributed by atoms with Crippen molar-refractivity contribution in [2.24, 2.45) is 0 Å². The first kappa shape index (κ1) is 18.1. The molecule has 8 heteroatoms. The van der Waals surface area contributed by atoms with Gasteiger partial charge in [-0.25, -0.2) is 0 Å². The molecular weight excluding hydrogens is 398 g/mol. The van der Waals surface area contributed by atoms with Crippen LogP contribution in [0.15, 0.2) is 53.0 Å². The van der Waals surface area contributed by atoms with Crippen LogP contribution in [0.1, 0.15) is 18.3 Å². The van der Waals surface area contributed by atoms with Gasteiger partial charge in [-0.15, -0.1) is 5.10 Å². The Morgan fingerprint density at radius 3 is 2.58 bits per heavy atom. The van der Waals surface area contributed by atoms with E-state index in [9.17, 15) is 4.79 Å². The monoisotopic (exact) mass is 415 g/mol. The van der Waals surface area contributed by atoms with Crippen LogP contribution in [0.25, 0.3) is 5.69 Å². The highest BCUT2D eigenvalue weighted by atomic mass is 79.9. The molecule has 0 saturated heterocycles. The summed E-state index contributed by atoms with van der Waals surface area (Å²) in [6, 6.07) is 15.3. The molecule has 2 aromatic carbocycles. The number of rotatable bonds is 7. The molecule has 0 aliphatic carbocycles. The van der Waals surface area contributed by atoms with Gasteiger partial charge in [0.25, 0.3) is 5.91 Å². The highest BCUT2D eigenvalue weighted by Crippen LogP contribution is 2.14. The number of amides is 1. The van der Waals surface area contributed by atoms with Crippen molar-refractivity contribution >= 4 is 21.8 Å². The summed E-state index contributed by atoms with van der Waals surface area (Å²) >= 11 is 3.39. The smallest absolute Gasteiger partial charge is 0.258 e. The van der Waals surface area contributed by atoms with E-state index >= 15 is 0 Å². The predicted molar refractivity (Wildman–Crippen MR) is 100 cm³/mol. The lowest BCUT2D eigenvalue weighted by Crippen LogP contribution is -2.29. The van der Waals surface area contributed by atoms with Crippen molar-refractivity contribution in [3.05, 3.63) is 64.4 Å². The standard InChI is InChI=1S/C18H18BrN5O2/c1-2-13-3-9-16(10-4-13)26-12-18(25)20-11-17-21-22-23-24(17)15-7-5-14(19)6-8-15/h3-10H,2,11-12H2,1H3,(H,20,25). The molecule has 0 fully saturated rings. The highest BCUT2D eigenvalue weighted by Gasteiger charge is 2.10. The first-order valence-electron chi connectivity index (χ1n) is 8.17. The van der Waals surface area contributed by atoms with Gasteiger partial charge in [0.1, 0.15) is 5.75 Å². The van der Waals surface area contributed by atoms with Gasteiger partial charge in [0.2, 0.25) is 0 Å². The van der Waals surface area contributed by atoms with Crippen LogP contribution in [0.5, 0.6) is 5.75 Å². The molecule has 0 spiro atoms. The average Bonchev–Trinajstić information content (AvgIpc) is 3.14. The van der Waals surface area contributed by atoms with Gasteiger partial charge in [-0.1, -0.05) is 35.0 Å². The number of carbonyl (C=O) groups is 1. The van der Waals surface area contributed by atoms with Crippen LogP contribution < -0.4 is 10.1 Å². The highest BCUT2D eigenvalue weighted by molar-refractivity contribution is 9.10. The second kappa shape index (κ2) is 8.57. The van der Waals surface area contributed by atoms with Crippen LogP contribution in [0, 0.1) is 0 Å².